The van der Waals surface area contributed by atoms with Gasteiger partial charge in [0.2, 0.25) is 0 Å². The summed E-state index contributed by atoms with van der Waals surface area (Å²) in [6.45, 7) is 3.81. The van der Waals surface area contributed by atoms with Crippen molar-refractivity contribution in [2.24, 2.45) is 5.92 Å². The standard InChI is InChI=1S/C14H19ClN2O3/c1-3-5-10(13(18)19)8-16-14(20)17-12-7-4-6-11(15)9(12)2/h4,6-7,10H,3,5,8H2,1-2H3,(H,18,19)(H2,16,17,20). The molecule has 2 amide bonds. The van der Waals surface area contributed by atoms with Crippen molar-refractivity contribution in [1.82, 2.24) is 5.32 Å². The minimum atomic E-state index is -0.897. The van der Waals surface area contributed by atoms with Crippen molar-refractivity contribution < 1.29 is 14.7 Å². The number of halogens is 1. The Labute approximate surface area is 123 Å². The molecule has 20 heavy (non-hydrogen) atoms. The SMILES string of the molecule is CCCC(CNC(=O)Nc1cccc(Cl)c1C)C(=O)O. The molecule has 1 unspecified atom stereocenters. The van der Waals surface area contributed by atoms with Crippen LogP contribution in [-0.2, 0) is 4.79 Å². The number of carboxylic acid groups (broad SMARTS) is 1. The van der Waals surface area contributed by atoms with Crippen LogP contribution in [0.25, 0.3) is 0 Å². The van der Waals surface area contributed by atoms with E-state index in [2.05, 4.69) is 10.6 Å². The highest BCUT2D eigenvalue weighted by Gasteiger charge is 2.17. The lowest BCUT2D eigenvalue weighted by Gasteiger charge is -2.14. The third-order valence-electron chi connectivity index (χ3n) is 3.01. The highest BCUT2D eigenvalue weighted by atomic mass is 35.5. The zero-order chi connectivity index (χ0) is 15.1. The fourth-order valence-electron chi connectivity index (χ4n) is 1.79. The lowest BCUT2D eigenvalue weighted by atomic mass is 10.0. The molecule has 1 aromatic rings. The van der Waals surface area contributed by atoms with Gasteiger partial charge in [0.25, 0.3) is 0 Å². The van der Waals surface area contributed by atoms with Crippen molar-refractivity contribution in [1.29, 1.82) is 0 Å². The van der Waals surface area contributed by atoms with E-state index in [4.69, 9.17) is 16.7 Å². The maximum Gasteiger partial charge on any atom is 0.319 e. The number of carbonyl (C=O) groups excluding carboxylic acids is 1. The summed E-state index contributed by atoms with van der Waals surface area (Å²) in [5, 5.41) is 14.8. The summed E-state index contributed by atoms with van der Waals surface area (Å²) in [6.07, 6.45) is 1.29. The van der Waals surface area contributed by atoms with Crippen LogP contribution in [0.15, 0.2) is 18.2 Å². The second kappa shape index (κ2) is 7.75. The number of anilines is 1. The Balaban J connectivity index is 2.55. The largest absolute Gasteiger partial charge is 0.481 e. The molecule has 3 N–H and O–H groups in total. The number of urea groups is 1. The van der Waals surface area contributed by atoms with Crippen LogP contribution in [0, 0.1) is 12.8 Å². The predicted molar refractivity (Wildman–Crippen MR) is 79.2 cm³/mol. The van der Waals surface area contributed by atoms with Gasteiger partial charge in [-0.1, -0.05) is 31.0 Å². The summed E-state index contributed by atoms with van der Waals surface area (Å²) < 4.78 is 0. The molecule has 1 aromatic carbocycles. The number of hydrogen-bond acceptors (Lipinski definition) is 2. The molecule has 6 heteroatoms. The molecule has 110 valence electrons. The quantitative estimate of drug-likeness (QED) is 0.754. The van der Waals surface area contributed by atoms with Gasteiger partial charge in [0.1, 0.15) is 0 Å². The van der Waals surface area contributed by atoms with E-state index in [1.165, 1.54) is 0 Å². The second-order valence-corrected chi connectivity index (χ2v) is 4.98. The maximum absolute atomic E-state index is 11.7. The molecule has 0 heterocycles. The molecular formula is C14H19ClN2O3. The average molecular weight is 299 g/mol. The summed E-state index contributed by atoms with van der Waals surface area (Å²) in [5.41, 5.74) is 1.38. The molecule has 0 saturated carbocycles. The van der Waals surface area contributed by atoms with E-state index in [1.54, 1.807) is 25.1 Å². The van der Waals surface area contributed by atoms with E-state index in [1.807, 2.05) is 6.92 Å². The molecule has 5 nitrogen and oxygen atoms in total. The molecule has 0 bridgehead atoms. The van der Waals surface area contributed by atoms with Gasteiger partial charge in [-0.3, -0.25) is 4.79 Å². The van der Waals surface area contributed by atoms with Crippen LogP contribution >= 0.6 is 11.6 Å². The van der Waals surface area contributed by atoms with Crippen molar-refractivity contribution in [2.45, 2.75) is 26.7 Å². The molecule has 0 aromatic heterocycles. The Hall–Kier alpha value is -1.75. The van der Waals surface area contributed by atoms with Gasteiger partial charge < -0.3 is 15.7 Å². The zero-order valence-corrected chi connectivity index (χ0v) is 12.3. The summed E-state index contributed by atoms with van der Waals surface area (Å²) in [4.78, 5) is 22.7. The fraction of sp³-hybridized carbons (Fsp3) is 0.429. The smallest absolute Gasteiger partial charge is 0.319 e. The highest BCUT2D eigenvalue weighted by Crippen LogP contribution is 2.22. The van der Waals surface area contributed by atoms with E-state index in [0.29, 0.717) is 17.1 Å². The zero-order valence-electron chi connectivity index (χ0n) is 11.6. The van der Waals surface area contributed by atoms with Crippen molar-refractivity contribution in [3.8, 4) is 0 Å². The number of amides is 2. The van der Waals surface area contributed by atoms with Crippen LogP contribution in [-0.4, -0.2) is 23.7 Å². The summed E-state index contributed by atoms with van der Waals surface area (Å²) in [6, 6.07) is 4.78. The Bertz CT molecular complexity index is 491. The van der Waals surface area contributed by atoms with Gasteiger partial charge in [-0.25, -0.2) is 4.79 Å². The van der Waals surface area contributed by atoms with E-state index in [0.717, 1.165) is 12.0 Å². The molecule has 1 atom stereocenters. The molecule has 0 aliphatic rings. The van der Waals surface area contributed by atoms with Gasteiger partial charge in [-0.05, 0) is 31.0 Å². The van der Waals surface area contributed by atoms with Crippen molar-refractivity contribution in [3.63, 3.8) is 0 Å². The number of nitrogens with one attached hydrogen (secondary N) is 2. The van der Waals surface area contributed by atoms with Gasteiger partial charge in [0.05, 0.1) is 5.92 Å². The molecule has 0 spiro atoms. The van der Waals surface area contributed by atoms with E-state index < -0.39 is 17.9 Å². The van der Waals surface area contributed by atoms with Crippen LogP contribution < -0.4 is 10.6 Å². The van der Waals surface area contributed by atoms with Gasteiger partial charge in [-0.2, -0.15) is 0 Å². The first-order valence-corrected chi connectivity index (χ1v) is 6.86. The Kier molecular flexibility index (Phi) is 6.31. The minimum absolute atomic E-state index is 0.106. The van der Waals surface area contributed by atoms with Crippen molar-refractivity contribution in [3.05, 3.63) is 28.8 Å². The average Bonchev–Trinajstić information content (AvgIpc) is 2.39. The summed E-state index contributed by atoms with van der Waals surface area (Å²) in [7, 11) is 0. The fourth-order valence-corrected chi connectivity index (χ4v) is 1.96. The number of rotatable bonds is 6. The molecule has 0 saturated heterocycles. The van der Waals surface area contributed by atoms with Crippen molar-refractivity contribution >= 4 is 29.3 Å². The van der Waals surface area contributed by atoms with Crippen LogP contribution in [0.3, 0.4) is 0 Å². The van der Waals surface area contributed by atoms with E-state index in [9.17, 15) is 9.59 Å². The Morgan fingerprint density at radius 2 is 2.10 bits per heavy atom. The molecule has 0 fully saturated rings. The number of carboxylic acids is 1. The minimum Gasteiger partial charge on any atom is -0.481 e. The molecular weight excluding hydrogens is 280 g/mol. The maximum atomic E-state index is 11.7. The third-order valence-corrected chi connectivity index (χ3v) is 3.42. The Morgan fingerprint density at radius 3 is 2.70 bits per heavy atom. The van der Waals surface area contributed by atoms with Crippen LogP contribution in [0.2, 0.25) is 5.02 Å². The normalized spacial score (nSPS) is 11.8. The first-order valence-electron chi connectivity index (χ1n) is 6.48. The number of benzene rings is 1. The van der Waals surface area contributed by atoms with Crippen LogP contribution in [0.4, 0.5) is 10.5 Å². The Morgan fingerprint density at radius 1 is 1.40 bits per heavy atom. The molecule has 1 rings (SSSR count). The molecule has 0 aliphatic heterocycles. The number of aliphatic carboxylic acids is 1. The predicted octanol–water partition coefficient (Wildman–Crippen LogP) is 3.27. The summed E-state index contributed by atoms with van der Waals surface area (Å²) in [5.74, 6) is -1.46. The topological polar surface area (TPSA) is 78.4 Å². The lowest BCUT2D eigenvalue weighted by molar-refractivity contribution is -0.141. The lowest BCUT2D eigenvalue weighted by Crippen LogP contribution is -2.35. The van der Waals surface area contributed by atoms with Gasteiger partial charge >= 0.3 is 12.0 Å². The highest BCUT2D eigenvalue weighted by molar-refractivity contribution is 6.31. The van der Waals surface area contributed by atoms with Gasteiger partial charge in [0, 0.05) is 17.3 Å². The second-order valence-electron chi connectivity index (χ2n) is 4.57. The van der Waals surface area contributed by atoms with E-state index in [-0.39, 0.29) is 6.54 Å². The number of hydrogen-bond donors (Lipinski definition) is 3. The van der Waals surface area contributed by atoms with Crippen LogP contribution in [0.1, 0.15) is 25.3 Å². The third kappa shape index (κ3) is 4.74. The summed E-state index contributed by atoms with van der Waals surface area (Å²) >= 11 is 5.96. The molecule has 0 radical (unpaired) electrons. The van der Waals surface area contributed by atoms with Crippen LogP contribution in [0.5, 0.6) is 0 Å². The number of carbonyl (C=O) groups is 2. The van der Waals surface area contributed by atoms with Crippen molar-refractivity contribution in [2.75, 3.05) is 11.9 Å². The monoisotopic (exact) mass is 298 g/mol. The first-order chi connectivity index (χ1) is 9.45. The van der Waals surface area contributed by atoms with Gasteiger partial charge in [-0.15, -0.1) is 0 Å². The first kappa shape index (κ1) is 16.3. The van der Waals surface area contributed by atoms with E-state index >= 15 is 0 Å². The molecule has 0 aliphatic carbocycles. The van der Waals surface area contributed by atoms with Gasteiger partial charge in [0.15, 0.2) is 0 Å².